The number of piperidine rings is 1. The molecule has 0 aromatic heterocycles. The highest BCUT2D eigenvalue weighted by Crippen LogP contribution is 2.14. The van der Waals surface area contributed by atoms with Crippen LogP contribution in [0.2, 0.25) is 0 Å². The lowest BCUT2D eigenvalue weighted by Crippen LogP contribution is -2.51. The lowest BCUT2D eigenvalue weighted by atomic mass is 10.0. The van der Waals surface area contributed by atoms with E-state index in [0.29, 0.717) is 39.0 Å². The highest BCUT2D eigenvalue weighted by molar-refractivity contribution is 7.89. The largest absolute Gasteiger partial charge is 0.355 e. The first kappa shape index (κ1) is 23.2. The monoisotopic (exact) mass is 428 g/mol. The molecular formula is C19H29FN4O4S. The summed E-state index contributed by atoms with van der Waals surface area (Å²) in [6, 6.07) is 3.86. The van der Waals surface area contributed by atoms with Gasteiger partial charge in [0.2, 0.25) is 21.8 Å². The fraction of sp³-hybridized carbons (Fsp3) is 0.579. The van der Waals surface area contributed by atoms with E-state index in [1.165, 1.54) is 19.1 Å². The minimum atomic E-state index is -4.14. The van der Waals surface area contributed by atoms with Crippen LogP contribution in [-0.2, 0) is 19.6 Å². The lowest BCUT2D eigenvalue weighted by Gasteiger charge is -2.32. The number of benzene rings is 1. The van der Waals surface area contributed by atoms with E-state index < -0.39 is 32.7 Å². The molecule has 8 nitrogen and oxygen atoms in total. The highest BCUT2D eigenvalue weighted by Gasteiger charge is 2.27. The van der Waals surface area contributed by atoms with Crippen molar-refractivity contribution in [2.45, 2.75) is 50.1 Å². The molecule has 1 saturated heterocycles. The van der Waals surface area contributed by atoms with Crippen LogP contribution in [0.5, 0.6) is 0 Å². The molecule has 2 rings (SSSR count). The Morgan fingerprint density at radius 2 is 1.90 bits per heavy atom. The topological polar surface area (TPSA) is 108 Å². The zero-order valence-electron chi connectivity index (χ0n) is 16.8. The molecular weight excluding hydrogens is 399 g/mol. The Balaban J connectivity index is 1.80. The third-order valence-corrected chi connectivity index (χ3v) is 6.30. The van der Waals surface area contributed by atoms with Crippen LogP contribution in [0.1, 0.15) is 33.1 Å². The van der Waals surface area contributed by atoms with Gasteiger partial charge >= 0.3 is 0 Å². The molecule has 0 radical (unpaired) electrons. The Kier molecular flexibility index (Phi) is 8.54. The van der Waals surface area contributed by atoms with Crippen molar-refractivity contribution in [2.75, 3.05) is 26.2 Å². The molecule has 1 aromatic carbocycles. The van der Waals surface area contributed by atoms with Crippen LogP contribution >= 0.6 is 0 Å². The Morgan fingerprint density at radius 1 is 1.24 bits per heavy atom. The molecule has 1 aliphatic heterocycles. The summed E-state index contributed by atoms with van der Waals surface area (Å²) in [6.45, 7) is 5.73. The van der Waals surface area contributed by atoms with Crippen LogP contribution in [0, 0.1) is 5.82 Å². The number of likely N-dealkylation sites (tertiary alicyclic amines) is 1. The molecule has 0 bridgehead atoms. The highest BCUT2D eigenvalue weighted by atomic mass is 32.2. The maximum absolute atomic E-state index is 13.8. The standard InChI is InChI=1S/C19H29FN4O4S/c1-3-10-21-18(25)13-24-11-8-15(9-12-24)22-19(26)14(2)23-29(27,28)17-7-5-4-6-16(17)20/h4-7,14-15,23H,3,8-13H2,1-2H3,(H,21,25)(H,22,26)/t14-/m0/s1. The van der Waals surface area contributed by atoms with Crippen molar-refractivity contribution in [3.63, 3.8) is 0 Å². The predicted octanol–water partition coefficient (Wildman–Crippen LogP) is 0.599. The zero-order chi connectivity index (χ0) is 21.4. The number of sulfonamides is 1. The molecule has 1 atom stereocenters. The Hall–Kier alpha value is -2.04. The van der Waals surface area contributed by atoms with E-state index >= 15 is 0 Å². The number of hydrogen-bond donors (Lipinski definition) is 3. The van der Waals surface area contributed by atoms with E-state index in [9.17, 15) is 22.4 Å². The average Bonchev–Trinajstić information content (AvgIpc) is 2.67. The molecule has 1 aliphatic rings. The van der Waals surface area contributed by atoms with Crippen molar-refractivity contribution < 1.29 is 22.4 Å². The average molecular weight is 429 g/mol. The van der Waals surface area contributed by atoms with Crippen molar-refractivity contribution in [3.8, 4) is 0 Å². The van der Waals surface area contributed by atoms with Gasteiger partial charge in [-0.3, -0.25) is 14.5 Å². The molecule has 2 amide bonds. The zero-order valence-corrected chi connectivity index (χ0v) is 17.6. The summed E-state index contributed by atoms with van der Waals surface area (Å²) in [5.41, 5.74) is 0. The summed E-state index contributed by atoms with van der Waals surface area (Å²) < 4.78 is 40.6. The van der Waals surface area contributed by atoms with Crippen LogP contribution in [0.15, 0.2) is 29.2 Å². The summed E-state index contributed by atoms with van der Waals surface area (Å²) in [5, 5.41) is 5.66. The maximum atomic E-state index is 13.8. The first-order valence-corrected chi connectivity index (χ1v) is 11.3. The number of halogens is 1. The third kappa shape index (κ3) is 7.06. The Morgan fingerprint density at radius 3 is 2.52 bits per heavy atom. The van der Waals surface area contributed by atoms with E-state index in [1.54, 1.807) is 0 Å². The fourth-order valence-electron chi connectivity index (χ4n) is 3.10. The van der Waals surface area contributed by atoms with Crippen molar-refractivity contribution in [1.29, 1.82) is 0 Å². The summed E-state index contributed by atoms with van der Waals surface area (Å²) >= 11 is 0. The second-order valence-corrected chi connectivity index (χ2v) is 8.86. The van der Waals surface area contributed by atoms with Crippen LogP contribution in [0.3, 0.4) is 0 Å². The summed E-state index contributed by atoms with van der Waals surface area (Å²) in [5.74, 6) is -1.35. The smallest absolute Gasteiger partial charge is 0.244 e. The van der Waals surface area contributed by atoms with Crippen LogP contribution in [0.4, 0.5) is 4.39 Å². The minimum absolute atomic E-state index is 0.00879. The van der Waals surface area contributed by atoms with Crippen LogP contribution in [0.25, 0.3) is 0 Å². The van der Waals surface area contributed by atoms with Gasteiger partial charge in [0, 0.05) is 25.7 Å². The van der Waals surface area contributed by atoms with Crippen molar-refractivity contribution in [1.82, 2.24) is 20.3 Å². The number of hydrogen-bond acceptors (Lipinski definition) is 5. The van der Waals surface area contributed by atoms with Gasteiger partial charge in [-0.25, -0.2) is 12.8 Å². The normalized spacial score (nSPS) is 16.9. The predicted molar refractivity (Wildman–Crippen MR) is 107 cm³/mol. The molecule has 10 heteroatoms. The van der Waals surface area contributed by atoms with Gasteiger partial charge < -0.3 is 10.6 Å². The molecule has 3 N–H and O–H groups in total. The van der Waals surface area contributed by atoms with Gasteiger partial charge in [-0.05, 0) is 38.3 Å². The first-order valence-electron chi connectivity index (χ1n) is 9.79. The van der Waals surface area contributed by atoms with Gasteiger partial charge in [0.25, 0.3) is 0 Å². The summed E-state index contributed by atoms with van der Waals surface area (Å²) in [6.07, 6.45) is 2.22. The quantitative estimate of drug-likeness (QED) is 0.534. The SMILES string of the molecule is CCCNC(=O)CN1CCC(NC(=O)[C@H](C)NS(=O)(=O)c2ccccc2F)CC1. The van der Waals surface area contributed by atoms with E-state index in [0.717, 1.165) is 18.6 Å². The van der Waals surface area contributed by atoms with E-state index in [-0.39, 0.29) is 11.9 Å². The summed E-state index contributed by atoms with van der Waals surface area (Å²) in [7, 11) is -4.14. The van der Waals surface area contributed by atoms with Gasteiger partial charge in [0.05, 0.1) is 12.6 Å². The molecule has 29 heavy (non-hydrogen) atoms. The van der Waals surface area contributed by atoms with Gasteiger partial charge in [-0.1, -0.05) is 19.1 Å². The number of carbonyl (C=O) groups excluding carboxylic acids is 2. The van der Waals surface area contributed by atoms with Crippen LogP contribution < -0.4 is 15.4 Å². The minimum Gasteiger partial charge on any atom is -0.355 e. The van der Waals surface area contributed by atoms with Gasteiger partial charge in [-0.15, -0.1) is 0 Å². The molecule has 162 valence electrons. The Bertz CT molecular complexity index is 810. The van der Waals surface area contributed by atoms with Gasteiger partial charge in [0.15, 0.2) is 0 Å². The third-order valence-electron chi connectivity index (χ3n) is 4.72. The molecule has 1 heterocycles. The van der Waals surface area contributed by atoms with E-state index in [4.69, 9.17) is 0 Å². The van der Waals surface area contributed by atoms with Crippen molar-refractivity contribution in [2.24, 2.45) is 0 Å². The number of rotatable bonds is 9. The second kappa shape index (κ2) is 10.7. The first-order chi connectivity index (χ1) is 13.7. The maximum Gasteiger partial charge on any atom is 0.244 e. The molecule has 0 aliphatic carbocycles. The van der Waals surface area contributed by atoms with Gasteiger partial charge in [-0.2, -0.15) is 4.72 Å². The molecule has 1 fully saturated rings. The molecule has 1 aromatic rings. The van der Waals surface area contributed by atoms with Gasteiger partial charge in [0.1, 0.15) is 10.7 Å². The molecule has 0 saturated carbocycles. The number of carbonyl (C=O) groups is 2. The fourth-order valence-corrected chi connectivity index (χ4v) is 4.38. The molecule has 0 unspecified atom stereocenters. The summed E-state index contributed by atoms with van der Waals surface area (Å²) in [4.78, 5) is 25.7. The Labute approximate surface area is 171 Å². The van der Waals surface area contributed by atoms with E-state index in [1.807, 2.05) is 11.8 Å². The van der Waals surface area contributed by atoms with Crippen molar-refractivity contribution >= 4 is 21.8 Å². The van der Waals surface area contributed by atoms with Crippen LogP contribution in [-0.4, -0.2) is 63.4 Å². The molecule has 0 spiro atoms. The second-order valence-electron chi connectivity index (χ2n) is 7.18. The van der Waals surface area contributed by atoms with E-state index in [2.05, 4.69) is 15.4 Å². The lowest BCUT2D eigenvalue weighted by molar-refractivity contribution is -0.124. The number of nitrogens with zero attached hydrogens (tertiary/aromatic N) is 1. The number of amides is 2. The number of nitrogens with one attached hydrogen (secondary N) is 3. The van der Waals surface area contributed by atoms with Crippen molar-refractivity contribution in [3.05, 3.63) is 30.1 Å².